The van der Waals surface area contributed by atoms with Gasteiger partial charge in [-0.25, -0.2) is 0 Å². The number of methoxy groups -OCH3 is 1. The van der Waals surface area contributed by atoms with E-state index >= 15 is 0 Å². The molecule has 2 heteroatoms. The highest BCUT2D eigenvalue weighted by Crippen LogP contribution is 2.38. The van der Waals surface area contributed by atoms with Gasteiger partial charge in [0.2, 0.25) is 0 Å². The van der Waals surface area contributed by atoms with E-state index in [1.807, 2.05) is 7.11 Å². The summed E-state index contributed by atoms with van der Waals surface area (Å²) < 4.78 is 5.36. The van der Waals surface area contributed by atoms with Crippen LogP contribution in [0.25, 0.3) is 0 Å². The summed E-state index contributed by atoms with van der Waals surface area (Å²) >= 11 is 0. The number of ether oxygens (including phenoxy) is 1. The molecule has 2 atom stereocenters. The summed E-state index contributed by atoms with van der Waals surface area (Å²) in [5.41, 5.74) is 0. The largest absolute Gasteiger partial charge is 0.381 e. The average Bonchev–Trinajstić information content (AvgIpc) is 2.43. The highest BCUT2D eigenvalue weighted by atomic mass is 16.5. The normalized spacial score (nSPS) is 44.7. The van der Waals surface area contributed by atoms with Gasteiger partial charge in [-0.2, -0.15) is 0 Å². The van der Waals surface area contributed by atoms with Crippen molar-refractivity contribution in [3.63, 3.8) is 0 Å². The number of fused-ring (bicyclic) bond motifs is 1. The minimum absolute atomic E-state index is 0.568. The molecule has 0 aromatic rings. The summed E-state index contributed by atoms with van der Waals surface area (Å²) in [4.78, 5) is 2.45. The van der Waals surface area contributed by atoms with Crippen LogP contribution in [0.3, 0.4) is 0 Å². The standard InChI is InChI=1S/C9H17NO/c1-10-5-7-3-9(11-2)4-8(7)6-10/h7-9H,3-6H2,1-2H3. The fourth-order valence-corrected chi connectivity index (χ4v) is 2.67. The van der Waals surface area contributed by atoms with Gasteiger partial charge >= 0.3 is 0 Å². The van der Waals surface area contributed by atoms with Crippen molar-refractivity contribution in [1.29, 1.82) is 0 Å². The highest BCUT2D eigenvalue weighted by Gasteiger charge is 2.39. The van der Waals surface area contributed by atoms with Crippen molar-refractivity contribution >= 4 is 0 Å². The van der Waals surface area contributed by atoms with Gasteiger partial charge in [-0.05, 0) is 31.7 Å². The lowest BCUT2D eigenvalue weighted by molar-refractivity contribution is 0.0981. The third-order valence-electron chi connectivity index (χ3n) is 3.22. The van der Waals surface area contributed by atoms with Crippen LogP contribution in [-0.4, -0.2) is 38.3 Å². The quantitative estimate of drug-likeness (QED) is 0.559. The van der Waals surface area contributed by atoms with Gasteiger partial charge in [0.25, 0.3) is 0 Å². The van der Waals surface area contributed by atoms with E-state index in [0.29, 0.717) is 6.10 Å². The summed E-state index contributed by atoms with van der Waals surface area (Å²) in [7, 11) is 4.07. The summed E-state index contributed by atoms with van der Waals surface area (Å²) in [5, 5.41) is 0. The molecular formula is C9H17NO. The monoisotopic (exact) mass is 155 g/mol. The molecule has 0 N–H and O–H groups in total. The highest BCUT2D eigenvalue weighted by molar-refractivity contribution is 4.91. The van der Waals surface area contributed by atoms with Crippen molar-refractivity contribution in [3.8, 4) is 0 Å². The first-order valence-electron chi connectivity index (χ1n) is 4.51. The van der Waals surface area contributed by atoms with Gasteiger partial charge in [0.1, 0.15) is 0 Å². The Morgan fingerprint density at radius 2 is 1.73 bits per heavy atom. The van der Waals surface area contributed by atoms with Gasteiger partial charge < -0.3 is 9.64 Å². The van der Waals surface area contributed by atoms with Gasteiger partial charge in [-0.1, -0.05) is 0 Å². The van der Waals surface area contributed by atoms with E-state index in [1.54, 1.807) is 0 Å². The van der Waals surface area contributed by atoms with E-state index in [2.05, 4.69) is 11.9 Å². The lowest BCUT2D eigenvalue weighted by atomic mass is 10.0. The van der Waals surface area contributed by atoms with Crippen LogP contribution in [0.4, 0.5) is 0 Å². The predicted molar refractivity (Wildman–Crippen MR) is 44.5 cm³/mol. The zero-order valence-corrected chi connectivity index (χ0v) is 7.42. The lowest BCUT2D eigenvalue weighted by Crippen LogP contribution is -2.18. The van der Waals surface area contributed by atoms with Gasteiger partial charge in [0.05, 0.1) is 6.10 Å². The molecule has 64 valence electrons. The number of hydrogen-bond acceptors (Lipinski definition) is 2. The second kappa shape index (κ2) is 2.76. The maximum Gasteiger partial charge on any atom is 0.0577 e. The molecule has 0 spiro atoms. The van der Waals surface area contributed by atoms with E-state index < -0.39 is 0 Å². The van der Waals surface area contributed by atoms with Crippen LogP contribution < -0.4 is 0 Å². The van der Waals surface area contributed by atoms with Crippen LogP contribution in [0.5, 0.6) is 0 Å². The molecule has 2 fully saturated rings. The van der Waals surface area contributed by atoms with Gasteiger partial charge in [0.15, 0.2) is 0 Å². The molecule has 0 amide bonds. The van der Waals surface area contributed by atoms with Crippen LogP contribution in [0.15, 0.2) is 0 Å². The van der Waals surface area contributed by atoms with Crippen molar-refractivity contribution in [3.05, 3.63) is 0 Å². The first-order valence-corrected chi connectivity index (χ1v) is 4.51. The van der Waals surface area contributed by atoms with E-state index in [1.165, 1.54) is 25.9 Å². The van der Waals surface area contributed by atoms with Crippen LogP contribution in [0.2, 0.25) is 0 Å². The third kappa shape index (κ3) is 1.30. The minimum atomic E-state index is 0.568. The second-order valence-corrected chi connectivity index (χ2v) is 4.07. The Balaban J connectivity index is 1.93. The predicted octanol–water partition coefficient (Wildman–Crippen LogP) is 0.973. The average molecular weight is 155 g/mol. The molecule has 1 aliphatic heterocycles. The van der Waals surface area contributed by atoms with Gasteiger partial charge in [-0.15, -0.1) is 0 Å². The smallest absolute Gasteiger partial charge is 0.0577 e. The summed E-state index contributed by atoms with van der Waals surface area (Å²) in [6.45, 7) is 2.59. The Morgan fingerprint density at radius 1 is 1.18 bits per heavy atom. The fraction of sp³-hybridized carbons (Fsp3) is 1.00. The van der Waals surface area contributed by atoms with E-state index in [-0.39, 0.29) is 0 Å². The first-order chi connectivity index (χ1) is 5.29. The molecule has 2 aliphatic rings. The van der Waals surface area contributed by atoms with Crippen molar-refractivity contribution in [2.45, 2.75) is 18.9 Å². The Kier molecular flexibility index (Phi) is 1.90. The molecule has 2 unspecified atom stereocenters. The molecule has 11 heavy (non-hydrogen) atoms. The molecule has 2 nitrogen and oxygen atoms in total. The van der Waals surface area contributed by atoms with Crippen molar-refractivity contribution < 1.29 is 4.74 Å². The molecule has 0 bridgehead atoms. The first kappa shape index (κ1) is 7.56. The maximum atomic E-state index is 5.36. The van der Waals surface area contributed by atoms with Gasteiger partial charge in [-0.3, -0.25) is 0 Å². The minimum Gasteiger partial charge on any atom is -0.381 e. The van der Waals surface area contributed by atoms with E-state index in [0.717, 1.165) is 11.8 Å². The number of rotatable bonds is 1. The topological polar surface area (TPSA) is 12.5 Å². The maximum absolute atomic E-state index is 5.36. The molecule has 1 saturated carbocycles. The number of hydrogen-bond donors (Lipinski definition) is 0. The third-order valence-corrected chi connectivity index (χ3v) is 3.22. The molecule has 2 rings (SSSR count). The Bertz CT molecular complexity index is 134. The van der Waals surface area contributed by atoms with Gasteiger partial charge in [0, 0.05) is 20.2 Å². The molecule has 1 aliphatic carbocycles. The zero-order valence-electron chi connectivity index (χ0n) is 7.42. The Labute approximate surface area is 68.5 Å². The fourth-order valence-electron chi connectivity index (χ4n) is 2.67. The summed E-state index contributed by atoms with van der Waals surface area (Å²) in [6.07, 6.45) is 3.16. The molecule has 0 radical (unpaired) electrons. The molecule has 0 aromatic carbocycles. The molecular weight excluding hydrogens is 138 g/mol. The molecule has 1 heterocycles. The molecule has 0 aromatic heterocycles. The van der Waals surface area contributed by atoms with E-state index in [4.69, 9.17) is 4.74 Å². The zero-order chi connectivity index (χ0) is 7.84. The Hall–Kier alpha value is -0.0800. The van der Waals surface area contributed by atoms with Crippen LogP contribution in [0, 0.1) is 11.8 Å². The molecule has 1 saturated heterocycles. The second-order valence-electron chi connectivity index (χ2n) is 4.07. The Morgan fingerprint density at radius 3 is 2.18 bits per heavy atom. The van der Waals surface area contributed by atoms with Crippen molar-refractivity contribution in [2.75, 3.05) is 27.2 Å². The lowest BCUT2D eigenvalue weighted by Gasteiger charge is -2.12. The SMILES string of the molecule is COC1CC2CN(C)CC2C1. The van der Waals surface area contributed by atoms with E-state index in [9.17, 15) is 0 Å². The summed E-state index contributed by atoms with van der Waals surface area (Å²) in [5.74, 6) is 1.87. The van der Waals surface area contributed by atoms with Crippen LogP contribution >= 0.6 is 0 Å². The number of nitrogens with zero attached hydrogens (tertiary/aromatic N) is 1. The van der Waals surface area contributed by atoms with Crippen molar-refractivity contribution in [2.24, 2.45) is 11.8 Å². The summed E-state index contributed by atoms with van der Waals surface area (Å²) in [6, 6.07) is 0. The van der Waals surface area contributed by atoms with Crippen molar-refractivity contribution in [1.82, 2.24) is 4.90 Å². The van der Waals surface area contributed by atoms with Crippen LogP contribution in [-0.2, 0) is 4.74 Å². The van der Waals surface area contributed by atoms with Crippen LogP contribution in [0.1, 0.15) is 12.8 Å². The number of likely N-dealkylation sites (tertiary alicyclic amines) is 1.